The van der Waals surface area contributed by atoms with E-state index in [4.69, 9.17) is 5.11 Å². The van der Waals surface area contributed by atoms with E-state index in [-0.39, 0.29) is 12.6 Å². The zero-order valence-electron chi connectivity index (χ0n) is 9.03. The standard InChI is InChI=1S/C10H18N2O3/c1-2-5-12(7-8-3-4-8)10(15)11-6-9(13)14/h8H,2-7H2,1H3,(H,11,15)(H,13,14). The van der Waals surface area contributed by atoms with E-state index < -0.39 is 5.97 Å². The topological polar surface area (TPSA) is 69.6 Å². The Bertz CT molecular complexity index is 239. The molecule has 0 aromatic rings. The molecule has 1 saturated carbocycles. The van der Waals surface area contributed by atoms with Gasteiger partial charge in [0.2, 0.25) is 0 Å². The molecule has 1 aliphatic carbocycles. The minimum Gasteiger partial charge on any atom is -0.480 e. The van der Waals surface area contributed by atoms with E-state index in [1.807, 2.05) is 6.92 Å². The molecule has 1 aliphatic rings. The highest BCUT2D eigenvalue weighted by molar-refractivity contribution is 5.79. The molecule has 1 fully saturated rings. The van der Waals surface area contributed by atoms with Gasteiger partial charge in [0.1, 0.15) is 6.54 Å². The predicted molar refractivity (Wildman–Crippen MR) is 55.6 cm³/mol. The third-order valence-corrected chi connectivity index (χ3v) is 2.35. The molecule has 0 radical (unpaired) electrons. The molecule has 2 N–H and O–H groups in total. The van der Waals surface area contributed by atoms with Crippen LogP contribution in [0, 0.1) is 5.92 Å². The largest absolute Gasteiger partial charge is 0.480 e. The van der Waals surface area contributed by atoms with Crippen LogP contribution in [0.2, 0.25) is 0 Å². The third kappa shape index (κ3) is 4.67. The molecule has 0 aromatic heterocycles. The van der Waals surface area contributed by atoms with Crippen molar-refractivity contribution in [3.63, 3.8) is 0 Å². The first-order chi connectivity index (χ1) is 7.13. The van der Waals surface area contributed by atoms with Crippen molar-refractivity contribution in [1.29, 1.82) is 0 Å². The molecular weight excluding hydrogens is 196 g/mol. The molecule has 15 heavy (non-hydrogen) atoms. The molecule has 1 rings (SSSR count). The Morgan fingerprint density at radius 1 is 1.47 bits per heavy atom. The second-order valence-electron chi connectivity index (χ2n) is 3.94. The van der Waals surface area contributed by atoms with Crippen LogP contribution in [-0.4, -0.2) is 41.6 Å². The summed E-state index contributed by atoms with van der Waals surface area (Å²) >= 11 is 0. The molecule has 0 aliphatic heterocycles. The molecule has 0 aromatic carbocycles. The summed E-state index contributed by atoms with van der Waals surface area (Å²) in [7, 11) is 0. The van der Waals surface area contributed by atoms with E-state index in [1.165, 1.54) is 12.8 Å². The molecule has 0 atom stereocenters. The van der Waals surface area contributed by atoms with Gasteiger partial charge in [-0.2, -0.15) is 0 Å². The van der Waals surface area contributed by atoms with Crippen LogP contribution < -0.4 is 5.32 Å². The second kappa shape index (κ2) is 5.58. The zero-order valence-corrected chi connectivity index (χ0v) is 9.03. The second-order valence-corrected chi connectivity index (χ2v) is 3.94. The van der Waals surface area contributed by atoms with Gasteiger partial charge in [-0.15, -0.1) is 0 Å². The summed E-state index contributed by atoms with van der Waals surface area (Å²) in [5, 5.41) is 10.8. The highest BCUT2D eigenvalue weighted by Crippen LogP contribution is 2.29. The number of carboxylic acids is 1. The number of rotatable bonds is 6. The van der Waals surface area contributed by atoms with E-state index in [0.717, 1.165) is 13.0 Å². The zero-order chi connectivity index (χ0) is 11.3. The number of urea groups is 1. The van der Waals surface area contributed by atoms with Gasteiger partial charge in [0, 0.05) is 13.1 Å². The van der Waals surface area contributed by atoms with Gasteiger partial charge in [-0.1, -0.05) is 6.92 Å². The number of carboxylic acid groups (broad SMARTS) is 1. The summed E-state index contributed by atoms with van der Waals surface area (Å²) in [5.41, 5.74) is 0. The first-order valence-electron chi connectivity index (χ1n) is 5.38. The first-order valence-corrected chi connectivity index (χ1v) is 5.38. The molecule has 0 spiro atoms. The monoisotopic (exact) mass is 214 g/mol. The van der Waals surface area contributed by atoms with Crippen molar-refractivity contribution in [3.05, 3.63) is 0 Å². The predicted octanol–water partition coefficient (Wildman–Crippen LogP) is 0.903. The first kappa shape index (κ1) is 11.8. The number of aliphatic carboxylic acids is 1. The molecule has 5 nitrogen and oxygen atoms in total. The van der Waals surface area contributed by atoms with Crippen molar-refractivity contribution < 1.29 is 14.7 Å². The van der Waals surface area contributed by atoms with Crippen molar-refractivity contribution in [3.8, 4) is 0 Å². The lowest BCUT2D eigenvalue weighted by Gasteiger charge is -2.21. The highest BCUT2D eigenvalue weighted by Gasteiger charge is 2.26. The average Bonchev–Trinajstić information content (AvgIpc) is 2.97. The van der Waals surface area contributed by atoms with E-state index >= 15 is 0 Å². The van der Waals surface area contributed by atoms with Crippen LogP contribution in [0.1, 0.15) is 26.2 Å². The smallest absolute Gasteiger partial charge is 0.323 e. The molecule has 2 amide bonds. The third-order valence-electron chi connectivity index (χ3n) is 2.35. The lowest BCUT2D eigenvalue weighted by Crippen LogP contribution is -2.43. The number of amides is 2. The quantitative estimate of drug-likeness (QED) is 0.690. The molecule has 0 saturated heterocycles. The van der Waals surface area contributed by atoms with Gasteiger partial charge in [-0.3, -0.25) is 4.79 Å². The molecule has 86 valence electrons. The van der Waals surface area contributed by atoms with Crippen molar-refractivity contribution in [2.45, 2.75) is 26.2 Å². The number of hydrogen-bond acceptors (Lipinski definition) is 2. The van der Waals surface area contributed by atoms with Crippen LogP contribution in [0.5, 0.6) is 0 Å². The average molecular weight is 214 g/mol. The van der Waals surface area contributed by atoms with Crippen LogP contribution in [0.4, 0.5) is 4.79 Å². The van der Waals surface area contributed by atoms with Crippen molar-refractivity contribution in [2.75, 3.05) is 19.6 Å². The van der Waals surface area contributed by atoms with E-state index in [1.54, 1.807) is 4.90 Å². The Labute approximate surface area is 89.4 Å². The number of hydrogen-bond donors (Lipinski definition) is 2. The van der Waals surface area contributed by atoms with Crippen LogP contribution in [0.15, 0.2) is 0 Å². The fourth-order valence-electron chi connectivity index (χ4n) is 1.42. The Morgan fingerprint density at radius 3 is 2.60 bits per heavy atom. The van der Waals surface area contributed by atoms with Gasteiger partial charge >= 0.3 is 12.0 Å². The van der Waals surface area contributed by atoms with Crippen LogP contribution >= 0.6 is 0 Å². The number of nitrogens with one attached hydrogen (secondary N) is 1. The maximum Gasteiger partial charge on any atom is 0.323 e. The number of carbonyl (C=O) groups is 2. The summed E-state index contributed by atoms with van der Waals surface area (Å²) in [6.07, 6.45) is 3.27. The summed E-state index contributed by atoms with van der Waals surface area (Å²) in [6.45, 7) is 3.16. The highest BCUT2D eigenvalue weighted by atomic mass is 16.4. The van der Waals surface area contributed by atoms with E-state index in [9.17, 15) is 9.59 Å². The van der Waals surface area contributed by atoms with E-state index in [2.05, 4.69) is 5.32 Å². The Balaban J connectivity index is 2.31. The van der Waals surface area contributed by atoms with Gasteiger partial charge in [0.25, 0.3) is 0 Å². The van der Waals surface area contributed by atoms with Gasteiger partial charge < -0.3 is 15.3 Å². The Hall–Kier alpha value is -1.26. The van der Waals surface area contributed by atoms with Crippen LogP contribution in [-0.2, 0) is 4.79 Å². The maximum absolute atomic E-state index is 11.6. The Morgan fingerprint density at radius 2 is 2.13 bits per heavy atom. The van der Waals surface area contributed by atoms with Gasteiger partial charge in [0.15, 0.2) is 0 Å². The molecule has 0 unspecified atom stereocenters. The fraction of sp³-hybridized carbons (Fsp3) is 0.800. The van der Waals surface area contributed by atoms with Crippen molar-refractivity contribution in [2.24, 2.45) is 5.92 Å². The van der Waals surface area contributed by atoms with Crippen LogP contribution in [0.3, 0.4) is 0 Å². The van der Waals surface area contributed by atoms with Gasteiger partial charge in [-0.25, -0.2) is 4.79 Å². The fourth-order valence-corrected chi connectivity index (χ4v) is 1.42. The summed E-state index contributed by atoms with van der Waals surface area (Å²) < 4.78 is 0. The molecular formula is C10H18N2O3. The minimum atomic E-state index is -1.01. The summed E-state index contributed by atoms with van der Waals surface area (Å²) in [6, 6.07) is -0.258. The van der Waals surface area contributed by atoms with Crippen molar-refractivity contribution >= 4 is 12.0 Å². The van der Waals surface area contributed by atoms with E-state index in [0.29, 0.717) is 12.5 Å². The van der Waals surface area contributed by atoms with Gasteiger partial charge in [-0.05, 0) is 25.2 Å². The maximum atomic E-state index is 11.6. The minimum absolute atomic E-state index is 0.258. The number of carbonyl (C=O) groups excluding carboxylic acids is 1. The normalized spacial score (nSPS) is 14.7. The molecule has 0 heterocycles. The summed E-state index contributed by atoms with van der Waals surface area (Å²) in [5.74, 6) is -0.377. The SMILES string of the molecule is CCCN(CC1CC1)C(=O)NCC(=O)O. The number of nitrogens with zero attached hydrogens (tertiary/aromatic N) is 1. The Kier molecular flexibility index (Phi) is 4.39. The van der Waals surface area contributed by atoms with Crippen LogP contribution in [0.25, 0.3) is 0 Å². The lowest BCUT2D eigenvalue weighted by atomic mass is 10.3. The lowest BCUT2D eigenvalue weighted by molar-refractivity contribution is -0.135. The molecule has 0 bridgehead atoms. The van der Waals surface area contributed by atoms with Crippen molar-refractivity contribution in [1.82, 2.24) is 10.2 Å². The summed E-state index contributed by atoms with van der Waals surface area (Å²) in [4.78, 5) is 23.5. The van der Waals surface area contributed by atoms with Gasteiger partial charge in [0.05, 0.1) is 0 Å². The molecule has 5 heteroatoms.